The van der Waals surface area contributed by atoms with Crippen LogP contribution in [0.15, 0.2) is 54.7 Å². The number of likely N-dealkylation sites (N-methyl/N-ethyl adjacent to an activating group) is 1. The third kappa shape index (κ3) is 4.22. The van der Waals surface area contributed by atoms with Gasteiger partial charge in [0.25, 0.3) is 5.91 Å². The van der Waals surface area contributed by atoms with Gasteiger partial charge in [0, 0.05) is 25.2 Å². The molecule has 0 aliphatic carbocycles. The van der Waals surface area contributed by atoms with Crippen LogP contribution in [0.3, 0.4) is 0 Å². The molecule has 0 N–H and O–H groups in total. The molecular weight excluding hydrogens is 451 g/mol. The normalized spacial score (nSPS) is 10.7. The summed E-state index contributed by atoms with van der Waals surface area (Å²) in [7, 11) is 1.77. The molecule has 1 amide bonds. The van der Waals surface area contributed by atoms with Gasteiger partial charge in [-0.3, -0.25) is 9.78 Å². The molecule has 0 bridgehead atoms. The smallest absolute Gasteiger partial charge is 0.260 e. The molecular formula is C19H16ClIN2O2. The number of amides is 1. The number of carbonyl (C=O) groups is 1. The molecule has 0 aliphatic heterocycles. The minimum Gasteiger partial charge on any atom is -0.480 e. The van der Waals surface area contributed by atoms with E-state index in [0.29, 0.717) is 22.8 Å². The lowest BCUT2D eigenvalue weighted by Crippen LogP contribution is -2.31. The number of fused-ring (bicyclic) bond motifs is 1. The maximum atomic E-state index is 12.4. The fraction of sp³-hybridized carbons (Fsp3) is 0.158. The van der Waals surface area contributed by atoms with E-state index in [9.17, 15) is 4.79 Å². The molecule has 0 atom stereocenters. The van der Waals surface area contributed by atoms with E-state index in [4.69, 9.17) is 16.3 Å². The largest absolute Gasteiger partial charge is 0.480 e. The van der Waals surface area contributed by atoms with Gasteiger partial charge in [0.15, 0.2) is 12.4 Å². The van der Waals surface area contributed by atoms with Crippen LogP contribution in [-0.4, -0.2) is 29.4 Å². The Balaban J connectivity index is 1.73. The quantitative estimate of drug-likeness (QED) is 0.519. The topological polar surface area (TPSA) is 42.4 Å². The molecule has 3 aromatic rings. The number of halogens is 2. The molecule has 0 spiro atoms. The average molecular weight is 467 g/mol. The van der Waals surface area contributed by atoms with Gasteiger partial charge in [-0.25, -0.2) is 0 Å². The molecule has 6 heteroatoms. The van der Waals surface area contributed by atoms with E-state index in [1.165, 1.54) is 0 Å². The highest BCUT2D eigenvalue weighted by Crippen LogP contribution is 2.34. The third-order valence-electron chi connectivity index (χ3n) is 3.78. The molecule has 0 saturated heterocycles. The van der Waals surface area contributed by atoms with Crippen LogP contribution >= 0.6 is 34.2 Å². The first-order valence-corrected chi connectivity index (χ1v) is 9.15. The van der Waals surface area contributed by atoms with Gasteiger partial charge in [0.1, 0.15) is 5.52 Å². The summed E-state index contributed by atoms with van der Waals surface area (Å²) < 4.78 is 6.63. The first-order chi connectivity index (χ1) is 12.1. The molecule has 0 saturated carbocycles. The van der Waals surface area contributed by atoms with Crippen molar-refractivity contribution < 1.29 is 9.53 Å². The Bertz CT molecular complexity index is 903. The summed E-state index contributed by atoms with van der Waals surface area (Å²) in [5.74, 6) is 0.487. The predicted molar refractivity (Wildman–Crippen MR) is 108 cm³/mol. The van der Waals surface area contributed by atoms with Gasteiger partial charge in [-0.2, -0.15) is 0 Å². The van der Waals surface area contributed by atoms with Gasteiger partial charge in [0.2, 0.25) is 0 Å². The summed E-state index contributed by atoms with van der Waals surface area (Å²) in [4.78, 5) is 18.4. The SMILES string of the molecule is CN(Cc1ccccc1)C(=O)COc1c(I)cc(Cl)c2cccnc12. The van der Waals surface area contributed by atoms with Crippen LogP contribution in [0.2, 0.25) is 5.02 Å². The second-order valence-electron chi connectivity index (χ2n) is 5.59. The van der Waals surface area contributed by atoms with Crippen molar-refractivity contribution in [3.63, 3.8) is 0 Å². The van der Waals surface area contributed by atoms with E-state index in [-0.39, 0.29) is 12.5 Å². The molecule has 3 rings (SSSR count). The second kappa shape index (κ2) is 8.01. The van der Waals surface area contributed by atoms with Crippen LogP contribution in [0, 0.1) is 3.57 Å². The van der Waals surface area contributed by atoms with Gasteiger partial charge in [-0.15, -0.1) is 0 Å². The van der Waals surface area contributed by atoms with Crippen LogP contribution in [0.4, 0.5) is 0 Å². The monoisotopic (exact) mass is 466 g/mol. The number of carbonyl (C=O) groups excluding carboxylic acids is 1. The fourth-order valence-electron chi connectivity index (χ4n) is 2.47. The first-order valence-electron chi connectivity index (χ1n) is 7.69. The van der Waals surface area contributed by atoms with E-state index in [2.05, 4.69) is 27.6 Å². The molecule has 0 radical (unpaired) electrons. The zero-order valence-corrected chi connectivity index (χ0v) is 16.5. The lowest BCUT2D eigenvalue weighted by molar-refractivity contribution is -0.132. The summed E-state index contributed by atoms with van der Waals surface area (Å²) in [6.07, 6.45) is 1.69. The first kappa shape index (κ1) is 17.9. The van der Waals surface area contributed by atoms with E-state index in [1.807, 2.05) is 48.5 Å². The van der Waals surface area contributed by atoms with Crippen molar-refractivity contribution in [3.05, 3.63) is 68.9 Å². The van der Waals surface area contributed by atoms with Crippen LogP contribution in [-0.2, 0) is 11.3 Å². The minimum atomic E-state index is -0.0984. The number of hydrogen-bond acceptors (Lipinski definition) is 3. The molecule has 128 valence electrons. The highest BCUT2D eigenvalue weighted by Gasteiger charge is 2.15. The van der Waals surface area contributed by atoms with Crippen molar-refractivity contribution >= 4 is 51.0 Å². The number of ether oxygens (including phenoxy) is 1. The fourth-order valence-corrected chi connectivity index (χ4v) is 3.64. The Labute approximate surface area is 164 Å². The van der Waals surface area contributed by atoms with E-state index in [0.717, 1.165) is 14.5 Å². The molecule has 0 fully saturated rings. The van der Waals surface area contributed by atoms with Crippen molar-refractivity contribution in [3.8, 4) is 5.75 Å². The Morgan fingerprint density at radius 1 is 1.24 bits per heavy atom. The van der Waals surface area contributed by atoms with Crippen LogP contribution in [0.5, 0.6) is 5.75 Å². The van der Waals surface area contributed by atoms with Gasteiger partial charge in [0.05, 0.1) is 8.59 Å². The Hall–Kier alpha value is -1.86. The maximum absolute atomic E-state index is 12.4. The Morgan fingerprint density at radius 3 is 2.76 bits per heavy atom. The third-order valence-corrected chi connectivity index (χ3v) is 4.89. The lowest BCUT2D eigenvalue weighted by atomic mass is 10.2. The van der Waals surface area contributed by atoms with E-state index in [1.54, 1.807) is 18.1 Å². The zero-order chi connectivity index (χ0) is 17.8. The number of hydrogen-bond donors (Lipinski definition) is 0. The van der Waals surface area contributed by atoms with Crippen LogP contribution in [0.25, 0.3) is 10.9 Å². The molecule has 2 aromatic carbocycles. The standard InChI is InChI=1S/C19H16ClIN2O2/c1-23(11-13-6-3-2-4-7-13)17(24)12-25-19-16(21)10-15(20)14-8-5-9-22-18(14)19/h2-10H,11-12H2,1H3. The number of aromatic nitrogens is 1. The molecule has 25 heavy (non-hydrogen) atoms. The summed E-state index contributed by atoms with van der Waals surface area (Å²) in [6, 6.07) is 15.4. The lowest BCUT2D eigenvalue weighted by Gasteiger charge is -2.18. The summed E-state index contributed by atoms with van der Waals surface area (Å²) in [5.41, 5.74) is 1.74. The van der Waals surface area contributed by atoms with Crippen molar-refractivity contribution in [1.29, 1.82) is 0 Å². The van der Waals surface area contributed by atoms with Crippen molar-refractivity contribution in [2.45, 2.75) is 6.54 Å². The van der Waals surface area contributed by atoms with Gasteiger partial charge in [-0.05, 0) is 46.4 Å². The highest BCUT2D eigenvalue weighted by atomic mass is 127. The Morgan fingerprint density at radius 2 is 2.00 bits per heavy atom. The molecule has 4 nitrogen and oxygen atoms in total. The van der Waals surface area contributed by atoms with Crippen molar-refractivity contribution in [2.24, 2.45) is 0 Å². The average Bonchev–Trinajstić information content (AvgIpc) is 2.62. The maximum Gasteiger partial charge on any atom is 0.260 e. The number of pyridine rings is 1. The Kier molecular flexibility index (Phi) is 5.75. The molecule has 0 unspecified atom stereocenters. The predicted octanol–water partition coefficient (Wildman–Crippen LogP) is 4.53. The van der Waals surface area contributed by atoms with Gasteiger partial charge in [-0.1, -0.05) is 41.9 Å². The minimum absolute atomic E-state index is 0.0490. The molecule has 1 aromatic heterocycles. The molecule has 0 aliphatic rings. The van der Waals surface area contributed by atoms with Gasteiger partial charge < -0.3 is 9.64 Å². The second-order valence-corrected chi connectivity index (χ2v) is 7.16. The number of benzene rings is 2. The van der Waals surface area contributed by atoms with Gasteiger partial charge >= 0.3 is 0 Å². The van der Waals surface area contributed by atoms with Crippen molar-refractivity contribution in [1.82, 2.24) is 9.88 Å². The molecule has 1 heterocycles. The number of nitrogens with zero attached hydrogens (tertiary/aromatic N) is 2. The van der Waals surface area contributed by atoms with Crippen molar-refractivity contribution in [2.75, 3.05) is 13.7 Å². The van der Waals surface area contributed by atoms with Crippen LogP contribution < -0.4 is 4.74 Å². The van der Waals surface area contributed by atoms with Crippen LogP contribution in [0.1, 0.15) is 5.56 Å². The van der Waals surface area contributed by atoms with E-state index >= 15 is 0 Å². The zero-order valence-electron chi connectivity index (χ0n) is 13.6. The highest BCUT2D eigenvalue weighted by molar-refractivity contribution is 14.1. The summed E-state index contributed by atoms with van der Waals surface area (Å²) in [5, 5.41) is 1.43. The van der Waals surface area contributed by atoms with E-state index < -0.39 is 0 Å². The summed E-state index contributed by atoms with van der Waals surface area (Å²) >= 11 is 8.40. The number of rotatable bonds is 5. The summed E-state index contributed by atoms with van der Waals surface area (Å²) in [6.45, 7) is 0.492.